The SMILES string of the molecule is c1ccc(-c2ccc(-c3ccc(N(c4ccc5c(c4)C4(c6ccccc6-c6ccccc64)c4ccccc4-5)c4c(-c5ccc(-c6ccccc6)cc5)c5ccccc5c5ccccc45)cc3)cc2)cc1. The van der Waals surface area contributed by atoms with Gasteiger partial charge < -0.3 is 4.90 Å². The number of rotatable bonds is 7. The Hall–Kier alpha value is -9.04. The van der Waals surface area contributed by atoms with Crippen molar-refractivity contribution < 1.29 is 0 Å². The predicted molar refractivity (Wildman–Crippen MR) is 294 cm³/mol. The van der Waals surface area contributed by atoms with E-state index in [2.05, 4.69) is 278 Å². The second-order valence-corrected chi connectivity index (χ2v) is 18.7. The quantitative estimate of drug-likeness (QED) is 0.144. The third-order valence-electron chi connectivity index (χ3n) is 15.1. The van der Waals surface area contributed by atoms with Crippen LogP contribution in [0.3, 0.4) is 0 Å². The standard InChI is InChI=1S/C69H45N/c1-3-17-46(18-4-1)48-31-33-50(34-32-48)51-39-41-53(42-40-51)70(54-43-44-60-59-25-13-16-30-65(59)69(66(60)45-54)63-28-14-11-23-57(63)58-24-12-15-29-64(58)69)68-62-27-10-8-22-56(62)55-21-7-9-26-61(55)67(68)52-37-35-49(36-38-52)47-19-5-2-6-20-47/h1-45H. The monoisotopic (exact) mass is 887 g/mol. The third kappa shape index (κ3) is 6.05. The lowest BCUT2D eigenvalue weighted by atomic mass is 9.70. The number of hydrogen-bond donors (Lipinski definition) is 0. The van der Waals surface area contributed by atoms with Gasteiger partial charge in [0.05, 0.1) is 11.1 Å². The van der Waals surface area contributed by atoms with Crippen molar-refractivity contribution in [2.45, 2.75) is 5.41 Å². The molecule has 2 aliphatic rings. The third-order valence-corrected chi connectivity index (χ3v) is 15.1. The van der Waals surface area contributed by atoms with Crippen LogP contribution in [0.2, 0.25) is 0 Å². The summed E-state index contributed by atoms with van der Waals surface area (Å²) < 4.78 is 0. The van der Waals surface area contributed by atoms with Crippen LogP contribution in [0.15, 0.2) is 273 Å². The van der Waals surface area contributed by atoms with Crippen molar-refractivity contribution in [3.8, 4) is 66.8 Å². The van der Waals surface area contributed by atoms with Crippen molar-refractivity contribution in [1.29, 1.82) is 0 Å². The normalized spacial score (nSPS) is 12.7. The Morgan fingerprint density at radius 2 is 0.571 bits per heavy atom. The molecule has 0 bridgehead atoms. The van der Waals surface area contributed by atoms with E-state index in [4.69, 9.17) is 0 Å². The molecular formula is C69H45N. The van der Waals surface area contributed by atoms with Gasteiger partial charge in [-0.05, 0) is 124 Å². The summed E-state index contributed by atoms with van der Waals surface area (Å²) in [5.41, 5.74) is 22.9. The number of fused-ring (bicyclic) bond motifs is 13. The Kier molecular flexibility index (Phi) is 9.19. The molecule has 0 atom stereocenters. The molecule has 0 aromatic heterocycles. The van der Waals surface area contributed by atoms with E-state index >= 15 is 0 Å². The van der Waals surface area contributed by atoms with E-state index < -0.39 is 5.41 Å². The Labute approximate surface area is 408 Å². The van der Waals surface area contributed by atoms with Gasteiger partial charge in [-0.3, -0.25) is 0 Å². The lowest BCUT2D eigenvalue weighted by Crippen LogP contribution is -2.26. The molecular weight excluding hydrogens is 843 g/mol. The Morgan fingerprint density at radius 1 is 0.229 bits per heavy atom. The molecule has 70 heavy (non-hydrogen) atoms. The Balaban J connectivity index is 1.03. The van der Waals surface area contributed by atoms with Crippen LogP contribution in [0.4, 0.5) is 17.1 Å². The molecule has 0 radical (unpaired) electrons. The Morgan fingerprint density at radius 3 is 1.07 bits per heavy atom. The van der Waals surface area contributed by atoms with Crippen molar-refractivity contribution >= 4 is 38.6 Å². The van der Waals surface area contributed by atoms with Gasteiger partial charge in [0.2, 0.25) is 0 Å². The zero-order valence-electron chi connectivity index (χ0n) is 38.4. The van der Waals surface area contributed by atoms with Crippen LogP contribution >= 0.6 is 0 Å². The van der Waals surface area contributed by atoms with Crippen LogP contribution < -0.4 is 4.90 Å². The summed E-state index contributed by atoms with van der Waals surface area (Å²) in [5.74, 6) is 0. The van der Waals surface area contributed by atoms with Gasteiger partial charge in [0.15, 0.2) is 0 Å². The van der Waals surface area contributed by atoms with Crippen LogP contribution in [0.5, 0.6) is 0 Å². The van der Waals surface area contributed by atoms with E-state index in [1.165, 1.54) is 111 Å². The summed E-state index contributed by atoms with van der Waals surface area (Å²) in [6, 6.07) is 101. The van der Waals surface area contributed by atoms with Gasteiger partial charge in [0.25, 0.3) is 0 Å². The van der Waals surface area contributed by atoms with Gasteiger partial charge in [-0.2, -0.15) is 0 Å². The maximum absolute atomic E-state index is 2.56. The van der Waals surface area contributed by atoms with Crippen LogP contribution in [0, 0.1) is 0 Å². The van der Waals surface area contributed by atoms with E-state index in [-0.39, 0.29) is 0 Å². The predicted octanol–water partition coefficient (Wildman–Crippen LogP) is 18.5. The number of hydrogen-bond acceptors (Lipinski definition) is 1. The van der Waals surface area contributed by atoms with Gasteiger partial charge in [-0.25, -0.2) is 0 Å². The number of benzene rings is 12. The smallest absolute Gasteiger partial charge is 0.0726 e. The van der Waals surface area contributed by atoms with Gasteiger partial charge in [-0.1, -0.05) is 249 Å². The van der Waals surface area contributed by atoms with Crippen molar-refractivity contribution in [2.24, 2.45) is 0 Å². The number of nitrogens with zero attached hydrogens (tertiary/aromatic N) is 1. The average molecular weight is 888 g/mol. The fraction of sp³-hybridized carbons (Fsp3) is 0.0145. The topological polar surface area (TPSA) is 3.24 Å². The molecule has 0 fully saturated rings. The maximum Gasteiger partial charge on any atom is 0.0726 e. The Bertz CT molecular complexity index is 3900. The minimum absolute atomic E-state index is 0.488. The molecule has 1 nitrogen and oxygen atoms in total. The molecule has 0 saturated heterocycles. The zero-order valence-corrected chi connectivity index (χ0v) is 38.4. The molecule has 14 rings (SSSR count). The molecule has 1 heteroatoms. The highest BCUT2D eigenvalue weighted by atomic mass is 15.1. The summed E-state index contributed by atoms with van der Waals surface area (Å²) in [6.07, 6.45) is 0. The summed E-state index contributed by atoms with van der Waals surface area (Å²) in [5, 5.41) is 4.87. The molecule has 0 N–H and O–H groups in total. The fourth-order valence-corrected chi connectivity index (χ4v) is 12.0. The second kappa shape index (κ2) is 16.0. The zero-order chi connectivity index (χ0) is 46.2. The molecule has 1 spiro atoms. The maximum atomic E-state index is 2.56. The van der Waals surface area contributed by atoms with Crippen LogP contribution in [0.1, 0.15) is 22.3 Å². The van der Waals surface area contributed by atoms with Crippen LogP contribution in [0.25, 0.3) is 88.3 Å². The molecule has 2 aliphatic carbocycles. The van der Waals surface area contributed by atoms with E-state index in [1.54, 1.807) is 0 Å². The highest BCUT2D eigenvalue weighted by Gasteiger charge is 2.51. The summed E-state index contributed by atoms with van der Waals surface area (Å²) in [6.45, 7) is 0. The first kappa shape index (κ1) is 40.1. The number of anilines is 3. The molecule has 12 aromatic rings. The van der Waals surface area contributed by atoms with E-state index in [9.17, 15) is 0 Å². The van der Waals surface area contributed by atoms with E-state index in [0.29, 0.717) is 0 Å². The van der Waals surface area contributed by atoms with Crippen molar-refractivity contribution in [1.82, 2.24) is 0 Å². The molecule has 0 saturated carbocycles. The molecule has 0 aliphatic heterocycles. The van der Waals surface area contributed by atoms with E-state index in [1.807, 2.05) is 0 Å². The molecule has 326 valence electrons. The lowest BCUT2D eigenvalue weighted by Gasteiger charge is -2.33. The minimum atomic E-state index is -0.488. The summed E-state index contributed by atoms with van der Waals surface area (Å²) in [7, 11) is 0. The average Bonchev–Trinajstić information content (AvgIpc) is 3.91. The lowest BCUT2D eigenvalue weighted by molar-refractivity contribution is 0.793. The van der Waals surface area contributed by atoms with Gasteiger partial charge in [0, 0.05) is 22.3 Å². The molecule has 12 aromatic carbocycles. The van der Waals surface area contributed by atoms with Crippen molar-refractivity contribution in [3.63, 3.8) is 0 Å². The highest BCUT2D eigenvalue weighted by molar-refractivity contribution is 6.22. The summed E-state index contributed by atoms with van der Waals surface area (Å²) >= 11 is 0. The van der Waals surface area contributed by atoms with Crippen LogP contribution in [-0.2, 0) is 5.41 Å². The van der Waals surface area contributed by atoms with Crippen LogP contribution in [-0.4, -0.2) is 0 Å². The van der Waals surface area contributed by atoms with Gasteiger partial charge >= 0.3 is 0 Å². The first-order valence-corrected chi connectivity index (χ1v) is 24.3. The van der Waals surface area contributed by atoms with Crippen molar-refractivity contribution in [3.05, 3.63) is 295 Å². The highest BCUT2D eigenvalue weighted by Crippen LogP contribution is 2.63. The fourth-order valence-electron chi connectivity index (χ4n) is 12.0. The first-order chi connectivity index (χ1) is 34.7. The molecule has 0 heterocycles. The molecule has 0 unspecified atom stereocenters. The second-order valence-electron chi connectivity index (χ2n) is 18.7. The molecule has 0 amide bonds. The minimum Gasteiger partial charge on any atom is -0.309 e. The van der Waals surface area contributed by atoms with E-state index in [0.717, 1.165) is 17.1 Å². The first-order valence-electron chi connectivity index (χ1n) is 24.3. The summed E-state index contributed by atoms with van der Waals surface area (Å²) in [4.78, 5) is 2.56. The van der Waals surface area contributed by atoms with Gasteiger partial charge in [-0.15, -0.1) is 0 Å². The largest absolute Gasteiger partial charge is 0.309 e. The van der Waals surface area contributed by atoms with Crippen molar-refractivity contribution in [2.75, 3.05) is 4.90 Å². The van der Waals surface area contributed by atoms with Gasteiger partial charge in [0.1, 0.15) is 0 Å².